The quantitative estimate of drug-likeness (QED) is 0.929. The van der Waals surface area contributed by atoms with Gasteiger partial charge in [-0.05, 0) is 38.5 Å². The van der Waals surface area contributed by atoms with Gasteiger partial charge in [-0.25, -0.2) is 4.79 Å². The van der Waals surface area contributed by atoms with E-state index < -0.39 is 0 Å². The Hall–Kier alpha value is -2.08. The Morgan fingerprint density at radius 1 is 1.32 bits per heavy atom. The summed E-state index contributed by atoms with van der Waals surface area (Å²) in [4.78, 5) is 30.2. The van der Waals surface area contributed by atoms with Gasteiger partial charge in [0.1, 0.15) is 5.75 Å². The zero-order valence-electron chi connectivity index (χ0n) is 13.1. The molecule has 1 saturated heterocycles. The number of rotatable bonds is 3. The van der Waals surface area contributed by atoms with E-state index in [-0.39, 0.29) is 17.3 Å². The SMILES string of the molecule is COc1ccc2[nH]c(=O)n(C3CCN(C(C)C)C3)c(=O)c2c1. The van der Waals surface area contributed by atoms with Crippen molar-refractivity contribution < 1.29 is 4.74 Å². The zero-order valence-corrected chi connectivity index (χ0v) is 13.1. The molecular formula is C16H21N3O3. The van der Waals surface area contributed by atoms with Gasteiger partial charge in [0.25, 0.3) is 5.56 Å². The van der Waals surface area contributed by atoms with Gasteiger partial charge in [0.05, 0.1) is 24.1 Å². The number of likely N-dealkylation sites (tertiary alicyclic amines) is 1. The lowest BCUT2D eigenvalue weighted by atomic mass is 10.2. The summed E-state index contributed by atoms with van der Waals surface area (Å²) in [6.07, 6.45) is 0.816. The Morgan fingerprint density at radius 3 is 2.73 bits per heavy atom. The number of hydrogen-bond acceptors (Lipinski definition) is 4. The maximum atomic E-state index is 12.7. The first-order valence-electron chi connectivity index (χ1n) is 7.58. The van der Waals surface area contributed by atoms with Crippen molar-refractivity contribution in [2.45, 2.75) is 32.4 Å². The van der Waals surface area contributed by atoms with Crippen LogP contribution in [0.1, 0.15) is 26.3 Å². The normalized spacial score (nSPS) is 19.2. The van der Waals surface area contributed by atoms with Gasteiger partial charge in [0.2, 0.25) is 0 Å². The van der Waals surface area contributed by atoms with Gasteiger partial charge >= 0.3 is 5.69 Å². The summed E-state index contributed by atoms with van der Waals surface area (Å²) >= 11 is 0. The Morgan fingerprint density at radius 2 is 2.09 bits per heavy atom. The van der Waals surface area contributed by atoms with Crippen LogP contribution in [-0.2, 0) is 0 Å². The third kappa shape index (κ3) is 2.43. The molecule has 1 unspecified atom stereocenters. The number of benzene rings is 1. The number of nitrogens with one attached hydrogen (secondary N) is 1. The second-order valence-corrected chi connectivity index (χ2v) is 6.05. The fourth-order valence-electron chi connectivity index (χ4n) is 3.11. The summed E-state index contributed by atoms with van der Waals surface area (Å²) in [5.41, 5.74) is -0.0303. The molecule has 0 radical (unpaired) electrons. The van der Waals surface area contributed by atoms with Gasteiger partial charge in [0.15, 0.2) is 0 Å². The third-order valence-electron chi connectivity index (χ3n) is 4.43. The van der Waals surface area contributed by atoms with E-state index >= 15 is 0 Å². The van der Waals surface area contributed by atoms with Gasteiger partial charge < -0.3 is 9.72 Å². The van der Waals surface area contributed by atoms with Crippen LogP contribution in [0.4, 0.5) is 0 Å². The van der Waals surface area contributed by atoms with Crippen molar-refractivity contribution in [3.63, 3.8) is 0 Å². The topological polar surface area (TPSA) is 67.3 Å². The molecule has 0 aliphatic carbocycles. The molecule has 0 bridgehead atoms. The highest BCUT2D eigenvalue weighted by Crippen LogP contribution is 2.22. The number of aromatic amines is 1. The van der Waals surface area contributed by atoms with Crippen LogP contribution < -0.4 is 16.0 Å². The fraction of sp³-hybridized carbons (Fsp3) is 0.500. The lowest BCUT2D eigenvalue weighted by Gasteiger charge is -2.20. The highest BCUT2D eigenvalue weighted by Gasteiger charge is 2.28. The number of hydrogen-bond donors (Lipinski definition) is 1. The van der Waals surface area contributed by atoms with Crippen LogP contribution in [0, 0.1) is 0 Å². The smallest absolute Gasteiger partial charge is 0.329 e. The van der Waals surface area contributed by atoms with E-state index in [0.29, 0.717) is 22.7 Å². The molecule has 1 fully saturated rings. The molecule has 2 heterocycles. The predicted molar refractivity (Wildman–Crippen MR) is 85.7 cm³/mol. The monoisotopic (exact) mass is 303 g/mol. The van der Waals surface area contributed by atoms with Crippen LogP contribution in [0.2, 0.25) is 0 Å². The molecule has 6 heteroatoms. The van der Waals surface area contributed by atoms with E-state index in [4.69, 9.17) is 4.74 Å². The summed E-state index contributed by atoms with van der Waals surface area (Å²) in [6, 6.07) is 5.46. The Kier molecular flexibility index (Phi) is 3.78. The third-order valence-corrected chi connectivity index (χ3v) is 4.43. The highest BCUT2D eigenvalue weighted by atomic mass is 16.5. The minimum absolute atomic E-state index is 0.0748. The largest absolute Gasteiger partial charge is 0.497 e. The molecule has 2 aromatic rings. The number of ether oxygens (including phenoxy) is 1. The van der Waals surface area contributed by atoms with Crippen LogP contribution in [0.15, 0.2) is 27.8 Å². The summed E-state index contributed by atoms with van der Waals surface area (Å²) < 4.78 is 6.54. The summed E-state index contributed by atoms with van der Waals surface area (Å²) in [6.45, 7) is 5.89. The van der Waals surface area contributed by atoms with Gasteiger partial charge in [-0.3, -0.25) is 14.3 Å². The Balaban J connectivity index is 2.10. The van der Waals surface area contributed by atoms with Crippen LogP contribution in [0.3, 0.4) is 0 Å². The lowest BCUT2D eigenvalue weighted by molar-refractivity contribution is 0.263. The molecule has 22 heavy (non-hydrogen) atoms. The highest BCUT2D eigenvalue weighted by molar-refractivity contribution is 5.78. The minimum atomic E-state index is -0.335. The molecule has 0 spiro atoms. The molecule has 1 aromatic heterocycles. The van der Waals surface area contributed by atoms with E-state index in [1.165, 1.54) is 4.57 Å². The van der Waals surface area contributed by atoms with Crippen molar-refractivity contribution in [2.75, 3.05) is 20.2 Å². The maximum Gasteiger partial charge on any atom is 0.329 e. The first-order valence-corrected chi connectivity index (χ1v) is 7.58. The van der Waals surface area contributed by atoms with E-state index in [1.807, 2.05) is 0 Å². The number of aromatic nitrogens is 2. The van der Waals surface area contributed by atoms with E-state index in [9.17, 15) is 9.59 Å². The fourth-order valence-corrected chi connectivity index (χ4v) is 3.11. The number of nitrogens with zero attached hydrogens (tertiary/aromatic N) is 2. The molecule has 6 nitrogen and oxygen atoms in total. The average molecular weight is 303 g/mol. The van der Waals surface area contributed by atoms with Gasteiger partial charge in [-0.1, -0.05) is 0 Å². The number of H-pyrrole nitrogens is 1. The maximum absolute atomic E-state index is 12.7. The number of fused-ring (bicyclic) bond motifs is 1. The van der Waals surface area contributed by atoms with Crippen molar-refractivity contribution in [2.24, 2.45) is 0 Å². The van der Waals surface area contributed by atoms with E-state index in [0.717, 1.165) is 19.5 Å². The molecule has 0 amide bonds. The molecular weight excluding hydrogens is 282 g/mol. The molecule has 118 valence electrons. The molecule has 1 aliphatic rings. The van der Waals surface area contributed by atoms with Crippen LogP contribution in [0.5, 0.6) is 5.75 Å². The zero-order chi connectivity index (χ0) is 15.9. The van der Waals surface area contributed by atoms with Crippen LogP contribution in [0.25, 0.3) is 10.9 Å². The Labute approximate surface area is 128 Å². The van der Waals surface area contributed by atoms with Crippen molar-refractivity contribution >= 4 is 10.9 Å². The minimum Gasteiger partial charge on any atom is -0.497 e. The second kappa shape index (κ2) is 5.61. The molecule has 1 aromatic carbocycles. The van der Waals surface area contributed by atoms with Gasteiger partial charge in [-0.2, -0.15) is 0 Å². The molecule has 1 N–H and O–H groups in total. The first-order chi connectivity index (χ1) is 10.5. The van der Waals surface area contributed by atoms with Crippen LogP contribution >= 0.6 is 0 Å². The standard InChI is InChI=1S/C16H21N3O3/c1-10(2)18-7-6-11(9-18)19-15(20)13-8-12(22-3)4-5-14(13)17-16(19)21/h4-5,8,10-11H,6-7,9H2,1-3H3,(H,17,21). The lowest BCUT2D eigenvalue weighted by Crippen LogP contribution is -2.39. The van der Waals surface area contributed by atoms with Gasteiger partial charge in [0, 0.05) is 19.1 Å². The first kappa shape index (κ1) is 14.8. The van der Waals surface area contributed by atoms with Crippen molar-refractivity contribution in [1.82, 2.24) is 14.5 Å². The average Bonchev–Trinajstić information content (AvgIpc) is 2.97. The summed E-state index contributed by atoms with van der Waals surface area (Å²) in [5, 5.41) is 0.488. The summed E-state index contributed by atoms with van der Waals surface area (Å²) in [5.74, 6) is 0.610. The second-order valence-electron chi connectivity index (χ2n) is 6.05. The molecule has 0 saturated carbocycles. The van der Waals surface area contributed by atoms with Crippen LogP contribution in [-0.4, -0.2) is 40.7 Å². The van der Waals surface area contributed by atoms with Gasteiger partial charge in [-0.15, -0.1) is 0 Å². The van der Waals surface area contributed by atoms with Crippen molar-refractivity contribution in [3.8, 4) is 5.75 Å². The molecule has 3 rings (SSSR count). The van der Waals surface area contributed by atoms with E-state index in [2.05, 4.69) is 23.7 Å². The number of methoxy groups -OCH3 is 1. The molecule has 1 aliphatic heterocycles. The van der Waals surface area contributed by atoms with Crippen molar-refractivity contribution in [3.05, 3.63) is 39.0 Å². The summed E-state index contributed by atoms with van der Waals surface area (Å²) in [7, 11) is 1.56. The van der Waals surface area contributed by atoms with E-state index in [1.54, 1.807) is 25.3 Å². The molecule has 1 atom stereocenters. The predicted octanol–water partition coefficient (Wildman–Crippen LogP) is 1.35. The van der Waals surface area contributed by atoms with Crippen molar-refractivity contribution in [1.29, 1.82) is 0 Å². The Bertz CT molecular complexity index is 806.